The second kappa shape index (κ2) is 10.1. The predicted octanol–water partition coefficient (Wildman–Crippen LogP) is 3.89. The van der Waals surface area contributed by atoms with Crippen molar-refractivity contribution in [3.8, 4) is 11.5 Å². The van der Waals surface area contributed by atoms with Crippen molar-refractivity contribution in [2.45, 2.75) is 11.3 Å². The van der Waals surface area contributed by atoms with Gasteiger partial charge in [-0.1, -0.05) is 18.2 Å². The number of carbonyl (C=O) groups excluding carboxylic acids is 3. The minimum absolute atomic E-state index is 0.0787. The number of hydrogen-bond acceptors (Lipinski definition) is 7. The van der Waals surface area contributed by atoms with E-state index in [9.17, 15) is 18.8 Å². The standard InChI is InChI=1S/C22H19FN2O5S2/c23-15-3-1-2-4-18(15)31-10-7-20(26)24-8-9-25-21(27)19(32-22(25)28)12-14-5-6-16-17(11-14)30-13-29-16/h1-6,11-12H,7-10,13H2,(H,24,26)/b19-12-. The van der Waals surface area contributed by atoms with Crippen LogP contribution in [0.15, 0.2) is 52.3 Å². The number of benzene rings is 2. The highest BCUT2D eigenvalue weighted by atomic mass is 32.2. The summed E-state index contributed by atoms with van der Waals surface area (Å²) in [7, 11) is 0. The third-order valence-electron chi connectivity index (χ3n) is 4.65. The molecule has 3 amide bonds. The van der Waals surface area contributed by atoms with E-state index < -0.39 is 5.91 Å². The van der Waals surface area contributed by atoms with Gasteiger partial charge in [0.2, 0.25) is 12.7 Å². The maximum Gasteiger partial charge on any atom is 0.293 e. The summed E-state index contributed by atoms with van der Waals surface area (Å²) in [5, 5.41) is 2.31. The van der Waals surface area contributed by atoms with Crippen LogP contribution in [0.2, 0.25) is 0 Å². The topological polar surface area (TPSA) is 84.9 Å². The van der Waals surface area contributed by atoms with E-state index in [2.05, 4.69) is 5.32 Å². The molecular weight excluding hydrogens is 455 g/mol. The summed E-state index contributed by atoms with van der Waals surface area (Å²) >= 11 is 2.12. The molecule has 2 aromatic rings. The molecule has 0 aliphatic carbocycles. The number of imide groups is 1. The number of fused-ring (bicyclic) bond motifs is 1. The number of halogens is 1. The monoisotopic (exact) mass is 474 g/mol. The lowest BCUT2D eigenvalue weighted by Crippen LogP contribution is -2.37. The molecule has 0 unspecified atom stereocenters. The summed E-state index contributed by atoms with van der Waals surface area (Å²) in [5.74, 6) is 0.712. The van der Waals surface area contributed by atoms with Gasteiger partial charge in [-0.05, 0) is 47.7 Å². The van der Waals surface area contributed by atoms with Crippen molar-refractivity contribution in [3.05, 3.63) is 58.8 Å². The van der Waals surface area contributed by atoms with Crippen LogP contribution in [0.3, 0.4) is 0 Å². The molecule has 0 atom stereocenters. The van der Waals surface area contributed by atoms with Gasteiger partial charge in [0.1, 0.15) is 5.82 Å². The Bertz CT molecular complexity index is 1090. The van der Waals surface area contributed by atoms with Crippen LogP contribution in [-0.2, 0) is 9.59 Å². The fraction of sp³-hybridized carbons (Fsp3) is 0.227. The highest BCUT2D eigenvalue weighted by Gasteiger charge is 2.34. The van der Waals surface area contributed by atoms with Crippen LogP contribution in [0.5, 0.6) is 11.5 Å². The minimum Gasteiger partial charge on any atom is -0.454 e. The molecule has 0 saturated carbocycles. The number of hydrogen-bond donors (Lipinski definition) is 1. The lowest BCUT2D eigenvalue weighted by molar-refractivity contribution is -0.124. The number of rotatable bonds is 8. The molecule has 2 aromatic carbocycles. The Morgan fingerprint density at radius 3 is 2.84 bits per heavy atom. The fourth-order valence-electron chi connectivity index (χ4n) is 3.06. The summed E-state index contributed by atoms with van der Waals surface area (Å²) in [6, 6.07) is 11.7. The van der Waals surface area contributed by atoms with E-state index in [1.807, 2.05) is 0 Å². The van der Waals surface area contributed by atoms with Gasteiger partial charge in [0.05, 0.1) is 4.91 Å². The normalized spacial score (nSPS) is 16.2. The van der Waals surface area contributed by atoms with E-state index >= 15 is 0 Å². The first-order valence-corrected chi connectivity index (χ1v) is 11.6. The Labute approximate surface area is 192 Å². The molecule has 10 heteroatoms. The minimum atomic E-state index is -0.401. The van der Waals surface area contributed by atoms with Crippen LogP contribution in [0.4, 0.5) is 9.18 Å². The number of carbonyl (C=O) groups is 3. The first-order valence-electron chi connectivity index (χ1n) is 9.80. The van der Waals surface area contributed by atoms with Crippen molar-refractivity contribution >= 4 is 46.7 Å². The molecular formula is C22H19FN2O5S2. The molecule has 1 N–H and O–H groups in total. The third-order valence-corrected chi connectivity index (χ3v) is 6.61. The van der Waals surface area contributed by atoms with Crippen molar-refractivity contribution in [3.63, 3.8) is 0 Å². The summed E-state index contributed by atoms with van der Waals surface area (Å²) < 4.78 is 24.2. The zero-order valence-corrected chi connectivity index (χ0v) is 18.5. The highest BCUT2D eigenvalue weighted by molar-refractivity contribution is 8.18. The molecule has 7 nitrogen and oxygen atoms in total. The Balaban J connectivity index is 1.24. The molecule has 2 heterocycles. The van der Waals surface area contributed by atoms with Gasteiger partial charge < -0.3 is 14.8 Å². The molecule has 1 fully saturated rings. The van der Waals surface area contributed by atoms with Gasteiger partial charge >= 0.3 is 0 Å². The summed E-state index contributed by atoms with van der Waals surface area (Å²) in [5.41, 5.74) is 0.723. The Kier molecular flexibility index (Phi) is 7.01. The maximum atomic E-state index is 13.6. The average molecular weight is 475 g/mol. The zero-order valence-electron chi connectivity index (χ0n) is 16.8. The molecule has 4 rings (SSSR count). The summed E-state index contributed by atoms with van der Waals surface area (Å²) in [6.07, 6.45) is 1.83. The summed E-state index contributed by atoms with van der Waals surface area (Å²) in [4.78, 5) is 38.8. The van der Waals surface area contributed by atoms with Crippen molar-refractivity contribution in [1.82, 2.24) is 10.2 Å². The van der Waals surface area contributed by atoms with Crippen LogP contribution >= 0.6 is 23.5 Å². The van der Waals surface area contributed by atoms with Gasteiger partial charge in [-0.15, -0.1) is 11.8 Å². The van der Waals surface area contributed by atoms with E-state index in [0.29, 0.717) is 27.1 Å². The third kappa shape index (κ3) is 5.25. The van der Waals surface area contributed by atoms with E-state index in [1.54, 1.807) is 42.5 Å². The van der Waals surface area contributed by atoms with Gasteiger partial charge in [0.15, 0.2) is 11.5 Å². The van der Waals surface area contributed by atoms with Crippen LogP contribution in [0, 0.1) is 5.82 Å². The lowest BCUT2D eigenvalue weighted by Gasteiger charge is -2.13. The van der Waals surface area contributed by atoms with E-state index in [-0.39, 0.29) is 43.3 Å². The van der Waals surface area contributed by atoms with Crippen molar-refractivity contribution in [2.75, 3.05) is 25.6 Å². The zero-order chi connectivity index (χ0) is 22.5. The number of nitrogens with one attached hydrogen (secondary N) is 1. The predicted molar refractivity (Wildman–Crippen MR) is 120 cm³/mol. The first kappa shape index (κ1) is 22.2. The van der Waals surface area contributed by atoms with Crippen LogP contribution < -0.4 is 14.8 Å². The van der Waals surface area contributed by atoms with Crippen LogP contribution in [-0.4, -0.2) is 47.6 Å². The second-order valence-corrected chi connectivity index (χ2v) is 8.95. The smallest absolute Gasteiger partial charge is 0.293 e. The van der Waals surface area contributed by atoms with E-state index in [4.69, 9.17) is 9.47 Å². The molecule has 0 bridgehead atoms. The number of amides is 3. The van der Waals surface area contributed by atoms with Gasteiger partial charge in [0, 0.05) is 30.2 Å². The lowest BCUT2D eigenvalue weighted by atomic mass is 10.2. The molecule has 32 heavy (non-hydrogen) atoms. The van der Waals surface area contributed by atoms with Gasteiger partial charge in [-0.2, -0.15) is 0 Å². The van der Waals surface area contributed by atoms with Gasteiger partial charge in [0.25, 0.3) is 11.1 Å². The van der Waals surface area contributed by atoms with Gasteiger partial charge in [-0.3, -0.25) is 19.3 Å². The molecule has 1 saturated heterocycles. The van der Waals surface area contributed by atoms with Crippen LogP contribution in [0.1, 0.15) is 12.0 Å². The quantitative estimate of drug-likeness (QED) is 0.459. The molecule has 166 valence electrons. The SMILES string of the molecule is O=C(CCSc1ccccc1F)NCCN1C(=O)S/C(=C\c2ccc3c(c2)OCO3)C1=O. The molecule has 0 radical (unpaired) electrons. The molecule has 2 aliphatic heterocycles. The van der Waals surface area contributed by atoms with Gasteiger partial charge in [-0.25, -0.2) is 4.39 Å². The van der Waals surface area contributed by atoms with Crippen molar-refractivity contribution in [2.24, 2.45) is 0 Å². The number of ether oxygens (including phenoxy) is 2. The maximum absolute atomic E-state index is 13.6. The van der Waals surface area contributed by atoms with Crippen molar-refractivity contribution in [1.29, 1.82) is 0 Å². The summed E-state index contributed by atoms with van der Waals surface area (Å²) in [6.45, 7) is 0.386. The Hall–Kier alpha value is -2.98. The molecule has 2 aliphatic rings. The van der Waals surface area contributed by atoms with E-state index in [1.165, 1.54) is 17.8 Å². The van der Waals surface area contributed by atoms with Crippen molar-refractivity contribution < 1.29 is 28.2 Å². The fourth-order valence-corrected chi connectivity index (χ4v) is 4.81. The first-order chi connectivity index (χ1) is 15.5. The molecule has 0 spiro atoms. The Morgan fingerprint density at radius 1 is 1.19 bits per heavy atom. The second-order valence-electron chi connectivity index (χ2n) is 6.82. The number of nitrogens with zero attached hydrogens (tertiary/aromatic N) is 1. The van der Waals surface area contributed by atoms with E-state index in [0.717, 1.165) is 22.2 Å². The van der Waals surface area contributed by atoms with Crippen LogP contribution in [0.25, 0.3) is 6.08 Å². The largest absolute Gasteiger partial charge is 0.454 e. The molecule has 0 aromatic heterocycles. The number of thioether (sulfide) groups is 2. The average Bonchev–Trinajstić information content (AvgIpc) is 3.34. The Morgan fingerprint density at radius 2 is 2.00 bits per heavy atom. The highest BCUT2D eigenvalue weighted by Crippen LogP contribution is 2.36.